The summed E-state index contributed by atoms with van der Waals surface area (Å²) in [7, 11) is -9.10. The smallest absolute Gasteiger partial charge is 0.124 e. The van der Waals surface area contributed by atoms with Crippen molar-refractivity contribution in [2.24, 2.45) is 0 Å². The average molecular weight is 519 g/mol. The van der Waals surface area contributed by atoms with E-state index in [0.29, 0.717) is 11.0 Å². The number of pyridine rings is 2. The number of rotatable bonds is 4. The summed E-state index contributed by atoms with van der Waals surface area (Å²) >= 11 is 0. The van der Waals surface area contributed by atoms with E-state index in [9.17, 15) is 25.9 Å². The molecule has 0 amide bonds. The molecule has 0 aliphatic heterocycles. The van der Waals surface area contributed by atoms with Crippen LogP contribution in [-0.2, 0) is 20.2 Å². The SMILES string of the molecule is Cc1cc(-c2ccc(S(=O)(=O)[O-])cc2)c2ccc3c(-c4ccc(S(=O)(=O)[O-])cc4)cc(C)nc3c2n1. The van der Waals surface area contributed by atoms with Gasteiger partial charge in [-0.15, -0.1) is 0 Å². The highest BCUT2D eigenvalue weighted by Crippen LogP contribution is 2.36. The van der Waals surface area contributed by atoms with E-state index >= 15 is 0 Å². The summed E-state index contributed by atoms with van der Waals surface area (Å²) in [6.07, 6.45) is 0. The number of fused-ring (bicyclic) bond motifs is 3. The number of hydrogen-bond acceptors (Lipinski definition) is 8. The lowest BCUT2D eigenvalue weighted by atomic mass is 9.95. The van der Waals surface area contributed by atoms with Crippen LogP contribution in [0.4, 0.5) is 0 Å². The lowest BCUT2D eigenvalue weighted by Gasteiger charge is -2.14. The Morgan fingerprint density at radius 2 is 0.889 bits per heavy atom. The zero-order chi connectivity index (χ0) is 25.8. The van der Waals surface area contributed by atoms with Gasteiger partial charge < -0.3 is 9.11 Å². The summed E-state index contributed by atoms with van der Waals surface area (Å²) in [5.74, 6) is 0. The minimum Gasteiger partial charge on any atom is -0.744 e. The molecule has 2 heterocycles. The maximum Gasteiger partial charge on any atom is 0.124 e. The predicted molar refractivity (Wildman–Crippen MR) is 133 cm³/mol. The average Bonchev–Trinajstić information content (AvgIpc) is 2.82. The van der Waals surface area contributed by atoms with Crippen molar-refractivity contribution in [1.82, 2.24) is 9.97 Å². The number of hydrogen-bond donors (Lipinski definition) is 0. The molecule has 8 nitrogen and oxygen atoms in total. The third-order valence-corrected chi connectivity index (χ3v) is 7.62. The van der Waals surface area contributed by atoms with Crippen LogP contribution in [0.3, 0.4) is 0 Å². The summed E-state index contributed by atoms with van der Waals surface area (Å²) in [5.41, 5.74) is 5.80. The Morgan fingerprint density at radius 3 is 1.19 bits per heavy atom. The van der Waals surface area contributed by atoms with Gasteiger partial charge in [0.05, 0.1) is 20.8 Å². The Bertz CT molecular complexity index is 1740. The van der Waals surface area contributed by atoms with Gasteiger partial charge in [0.2, 0.25) is 0 Å². The standard InChI is InChI=1S/C26H20N2O6S2/c1-15-13-23(17-3-7-19(8-4-17)35(29,30)31)21-11-12-22-24(14-16(2)28-26(22)25(21)27-15)18-5-9-20(10-6-18)36(32,33)34/h3-14H,1-2H3,(H,29,30,31)(H,32,33,34)/p-2. The fourth-order valence-electron chi connectivity index (χ4n) is 4.31. The van der Waals surface area contributed by atoms with Gasteiger partial charge in [0.25, 0.3) is 0 Å². The van der Waals surface area contributed by atoms with Crippen LogP contribution in [0, 0.1) is 13.8 Å². The van der Waals surface area contributed by atoms with Crippen LogP contribution in [0.2, 0.25) is 0 Å². The highest BCUT2D eigenvalue weighted by Gasteiger charge is 2.15. The zero-order valence-electron chi connectivity index (χ0n) is 19.1. The normalized spacial score (nSPS) is 12.3. The van der Waals surface area contributed by atoms with Crippen molar-refractivity contribution in [1.29, 1.82) is 0 Å². The number of aryl methyl sites for hydroxylation is 2. The first kappa shape index (κ1) is 24.0. The van der Waals surface area contributed by atoms with E-state index in [1.165, 1.54) is 24.3 Å². The van der Waals surface area contributed by atoms with Gasteiger partial charge in [-0.2, -0.15) is 0 Å². The fraction of sp³-hybridized carbons (Fsp3) is 0.0769. The van der Waals surface area contributed by atoms with Crippen LogP contribution >= 0.6 is 0 Å². The van der Waals surface area contributed by atoms with Crippen molar-refractivity contribution >= 4 is 42.0 Å². The molecule has 0 spiro atoms. The summed E-state index contributed by atoms with van der Waals surface area (Å²) in [5, 5.41) is 1.59. The van der Waals surface area contributed by atoms with E-state index in [1.807, 2.05) is 38.1 Å². The second-order valence-electron chi connectivity index (χ2n) is 8.44. The van der Waals surface area contributed by atoms with Crippen molar-refractivity contribution < 1.29 is 25.9 Å². The van der Waals surface area contributed by atoms with Crippen molar-refractivity contribution in [3.8, 4) is 22.3 Å². The van der Waals surface area contributed by atoms with Crippen molar-refractivity contribution in [2.45, 2.75) is 23.6 Å². The highest BCUT2D eigenvalue weighted by molar-refractivity contribution is 7.86. The Balaban J connectivity index is 1.74. The Labute approximate surface area is 207 Å². The third kappa shape index (κ3) is 4.35. The van der Waals surface area contributed by atoms with Crippen LogP contribution in [0.5, 0.6) is 0 Å². The van der Waals surface area contributed by atoms with E-state index in [1.54, 1.807) is 24.3 Å². The minimum atomic E-state index is -4.55. The molecule has 0 fully saturated rings. The molecule has 0 N–H and O–H groups in total. The first-order valence-electron chi connectivity index (χ1n) is 10.8. The summed E-state index contributed by atoms with van der Waals surface area (Å²) in [6, 6.07) is 19.0. The molecule has 182 valence electrons. The first-order valence-corrected chi connectivity index (χ1v) is 13.6. The molecule has 5 aromatic rings. The van der Waals surface area contributed by atoms with Gasteiger partial charge in [-0.3, -0.25) is 9.97 Å². The largest absolute Gasteiger partial charge is 0.744 e. The number of benzene rings is 3. The molecular weight excluding hydrogens is 500 g/mol. The number of nitrogens with zero attached hydrogens (tertiary/aromatic N) is 2. The van der Waals surface area contributed by atoms with E-state index < -0.39 is 20.2 Å². The van der Waals surface area contributed by atoms with Crippen LogP contribution in [0.15, 0.2) is 82.6 Å². The molecule has 0 saturated carbocycles. The van der Waals surface area contributed by atoms with E-state index in [2.05, 4.69) is 0 Å². The molecule has 0 aliphatic carbocycles. The lowest BCUT2D eigenvalue weighted by Crippen LogP contribution is -1.98. The number of aromatic nitrogens is 2. The highest BCUT2D eigenvalue weighted by atomic mass is 32.2. The first-order chi connectivity index (χ1) is 16.9. The molecule has 0 saturated heterocycles. The van der Waals surface area contributed by atoms with Crippen molar-refractivity contribution in [3.63, 3.8) is 0 Å². The van der Waals surface area contributed by atoms with E-state index in [4.69, 9.17) is 9.97 Å². The molecule has 0 bridgehead atoms. The molecule has 36 heavy (non-hydrogen) atoms. The van der Waals surface area contributed by atoms with Gasteiger partial charge >= 0.3 is 0 Å². The Hall–Kier alpha value is -3.70. The van der Waals surface area contributed by atoms with Gasteiger partial charge in [0.1, 0.15) is 20.2 Å². The molecule has 0 atom stereocenters. The molecule has 0 unspecified atom stereocenters. The van der Waals surface area contributed by atoms with Crippen LogP contribution < -0.4 is 0 Å². The maximum absolute atomic E-state index is 11.3. The third-order valence-electron chi connectivity index (χ3n) is 5.92. The van der Waals surface area contributed by atoms with Crippen LogP contribution in [0.25, 0.3) is 44.1 Å². The molecule has 0 radical (unpaired) electrons. The van der Waals surface area contributed by atoms with Gasteiger partial charge in [-0.25, -0.2) is 16.8 Å². The molecule has 0 aliphatic rings. The van der Waals surface area contributed by atoms with E-state index in [0.717, 1.165) is 44.4 Å². The van der Waals surface area contributed by atoms with Crippen molar-refractivity contribution in [2.75, 3.05) is 0 Å². The van der Waals surface area contributed by atoms with Gasteiger partial charge in [0.15, 0.2) is 0 Å². The molecule has 5 rings (SSSR count). The zero-order valence-corrected chi connectivity index (χ0v) is 20.7. The summed E-state index contributed by atoms with van der Waals surface area (Å²) in [6.45, 7) is 3.69. The quantitative estimate of drug-likeness (QED) is 0.249. The lowest BCUT2D eigenvalue weighted by molar-refractivity contribution is 0.461. The van der Waals surface area contributed by atoms with Crippen LogP contribution in [-0.4, -0.2) is 35.9 Å². The minimum absolute atomic E-state index is 0.301. The fourth-order valence-corrected chi connectivity index (χ4v) is 5.25. The topological polar surface area (TPSA) is 140 Å². The van der Waals surface area contributed by atoms with Crippen molar-refractivity contribution in [3.05, 3.63) is 84.2 Å². The summed E-state index contributed by atoms with van der Waals surface area (Å²) < 4.78 is 67.9. The van der Waals surface area contributed by atoms with Gasteiger partial charge in [-0.05, 0) is 72.5 Å². The second kappa shape index (κ2) is 8.45. The van der Waals surface area contributed by atoms with E-state index in [-0.39, 0.29) is 9.79 Å². The second-order valence-corrected chi connectivity index (χ2v) is 11.2. The summed E-state index contributed by atoms with van der Waals surface area (Å²) in [4.78, 5) is 8.88. The molecule has 10 heteroatoms. The van der Waals surface area contributed by atoms with Gasteiger partial charge in [-0.1, -0.05) is 36.4 Å². The predicted octanol–water partition coefficient (Wildman–Crippen LogP) is 4.54. The molecular formula is C26H18N2O6S2-2. The molecule has 2 aromatic heterocycles. The Morgan fingerprint density at radius 1 is 0.556 bits per heavy atom. The Kier molecular flexibility index (Phi) is 5.64. The monoisotopic (exact) mass is 518 g/mol. The molecule has 3 aromatic carbocycles. The maximum atomic E-state index is 11.3. The van der Waals surface area contributed by atoms with Gasteiger partial charge in [0, 0.05) is 22.2 Å². The van der Waals surface area contributed by atoms with Crippen LogP contribution in [0.1, 0.15) is 11.4 Å².